The second-order valence-electron chi connectivity index (χ2n) is 7.70. The van der Waals surface area contributed by atoms with Crippen molar-refractivity contribution in [1.82, 2.24) is 5.32 Å². The maximum Gasteiger partial charge on any atom is 0.269 e. The third-order valence-electron chi connectivity index (χ3n) is 5.42. The fourth-order valence-electron chi connectivity index (χ4n) is 4.09. The number of nitrogens with one attached hydrogen (secondary N) is 2. The van der Waals surface area contributed by atoms with Crippen LogP contribution in [0, 0.1) is 21.4 Å². The lowest BCUT2D eigenvalue weighted by molar-refractivity contribution is -0.384. The third kappa shape index (κ3) is 3.44. The van der Waals surface area contributed by atoms with E-state index in [-0.39, 0.29) is 40.5 Å². The molecule has 3 atom stereocenters. The number of rotatable bonds is 6. The molecule has 26 heavy (non-hydrogen) atoms. The molecule has 1 aliphatic carbocycles. The van der Waals surface area contributed by atoms with Gasteiger partial charge in [0.2, 0.25) is 5.91 Å². The standard InChI is InChI=1S/C19H25N3O4/c1-19(2,11-20-17(23)10-26-3)18-14-6-4-5-13(14)15-9-12(22(24)25)7-8-16(15)21-18/h4-5,7-9,13-14,18,21H,6,10-11H2,1-3H3,(H,20,23)/t13-,14+,18-/m0/s1. The highest BCUT2D eigenvalue weighted by molar-refractivity contribution is 5.77. The van der Waals surface area contributed by atoms with Gasteiger partial charge in [0, 0.05) is 48.8 Å². The lowest BCUT2D eigenvalue weighted by atomic mass is 9.69. The molecule has 1 aromatic rings. The second-order valence-corrected chi connectivity index (χ2v) is 7.70. The summed E-state index contributed by atoms with van der Waals surface area (Å²) in [6.45, 7) is 4.83. The van der Waals surface area contributed by atoms with Crippen LogP contribution in [0.1, 0.15) is 31.7 Å². The topological polar surface area (TPSA) is 93.5 Å². The van der Waals surface area contributed by atoms with Crippen molar-refractivity contribution in [3.8, 4) is 0 Å². The lowest BCUT2D eigenvalue weighted by Crippen LogP contribution is -2.51. The molecule has 1 aliphatic heterocycles. The van der Waals surface area contributed by atoms with E-state index < -0.39 is 0 Å². The van der Waals surface area contributed by atoms with Crippen LogP contribution in [0.15, 0.2) is 30.4 Å². The molecule has 0 fully saturated rings. The molecule has 7 nitrogen and oxygen atoms in total. The van der Waals surface area contributed by atoms with Gasteiger partial charge in [-0.2, -0.15) is 0 Å². The van der Waals surface area contributed by atoms with Crippen LogP contribution in [0.2, 0.25) is 0 Å². The Morgan fingerprint density at radius 3 is 2.92 bits per heavy atom. The molecule has 7 heteroatoms. The van der Waals surface area contributed by atoms with Crippen molar-refractivity contribution in [1.29, 1.82) is 0 Å². The van der Waals surface area contributed by atoms with Gasteiger partial charge in [-0.1, -0.05) is 26.0 Å². The van der Waals surface area contributed by atoms with Gasteiger partial charge in [-0.3, -0.25) is 14.9 Å². The van der Waals surface area contributed by atoms with Crippen molar-refractivity contribution in [2.75, 3.05) is 25.6 Å². The van der Waals surface area contributed by atoms with E-state index in [1.807, 2.05) is 0 Å². The van der Waals surface area contributed by atoms with Gasteiger partial charge in [0.25, 0.3) is 5.69 Å². The molecule has 3 rings (SSSR count). The van der Waals surface area contributed by atoms with Crippen LogP contribution in [0.25, 0.3) is 0 Å². The van der Waals surface area contributed by atoms with E-state index in [4.69, 9.17) is 4.74 Å². The van der Waals surface area contributed by atoms with Crippen molar-refractivity contribution in [2.24, 2.45) is 11.3 Å². The molecule has 2 N–H and O–H groups in total. The van der Waals surface area contributed by atoms with E-state index in [1.54, 1.807) is 12.1 Å². The van der Waals surface area contributed by atoms with Gasteiger partial charge in [-0.25, -0.2) is 0 Å². The number of allylic oxidation sites excluding steroid dienone is 2. The fraction of sp³-hybridized carbons (Fsp3) is 0.526. The Morgan fingerprint density at radius 1 is 1.46 bits per heavy atom. The van der Waals surface area contributed by atoms with Gasteiger partial charge in [-0.15, -0.1) is 0 Å². The molecule has 2 aliphatic rings. The second kappa shape index (κ2) is 7.07. The molecule has 1 heterocycles. The van der Waals surface area contributed by atoms with E-state index in [2.05, 4.69) is 36.6 Å². The molecule has 0 saturated carbocycles. The highest BCUT2D eigenvalue weighted by atomic mass is 16.6. The van der Waals surface area contributed by atoms with Crippen LogP contribution in [0.5, 0.6) is 0 Å². The minimum atomic E-state index is -0.352. The van der Waals surface area contributed by atoms with Gasteiger partial charge < -0.3 is 15.4 Å². The number of nitrogens with zero attached hydrogens (tertiary/aromatic N) is 1. The zero-order valence-electron chi connectivity index (χ0n) is 15.3. The molecule has 0 radical (unpaired) electrons. The third-order valence-corrected chi connectivity index (χ3v) is 5.42. The normalized spacial score (nSPS) is 23.7. The Kier molecular flexibility index (Phi) is 5.00. The summed E-state index contributed by atoms with van der Waals surface area (Å²) >= 11 is 0. The summed E-state index contributed by atoms with van der Waals surface area (Å²) in [6.07, 6.45) is 5.22. The predicted molar refractivity (Wildman–Crippen MR) is 99.2 cm³/mol. The highest BCUT2D eigenvalue weighted by Gasteiger charge is 2.44. The molecular formula is C19H25N3O4. The van der Waals surface area contributed by atoms with Crippen LogP contribution in [-0.4, -0.2) is 37.1 Å². The van der Waals surface area contributed by atoms with E-state index >= 15 is 0 Å². The number of ether oxygens (including phenoxy) is 1. The molecule has 0 aromatic heterocycles. The maximum absolute atomic E-state index is 11.8. The fourth-order valence-corrected chi connectivity index (χ4v) is 4.09. The van der Waals surface area contributed by atoms with E-state index in [0.717, 1.165) is 17.7 Å². The minimum Gasteiger partial charge on any atom is -0.381 e. The first-order chi connectivity index (χ1) is 12.3. The van der Waals surface area contributed by atoms with Crippen molar-refractivity contribution in [3.63, 3.8) is 0 Å². The number of nitro benzene ring substituents is 1. The number of carbonyl (C=O) groups excluding carboxylic acids is 1. The molecule has 1 amide bonds. The molecule has 0 spiro atoms. The summed E-state index contributed by atoms with van der Waals surface area (Å²) < 4.78 is 4.87. The summed E-state index contributed by atoms with van der Waals surface area (Å²) in [7, 11) is 1.50. The van der Waals surface area contributed by atoms with Crippen LogP contribution in [-0.2, 0) is 9.53 Å². The van der Waals surface area contributed by atoms with Gasteiger partial charge in [0.05, 0.1) is 4.92 Å². The largest absolute Gasteiger partial charge is 0.381 e. The first-order valence-corrected chi connectivity index (χ1v) is 8.80. The van der Waals surface area contributed by atoms with Crippen LogP contribution < -0.4 is 10.6 Å². The molecule has 1 aromatic carbocycles. The summed E-state index contributed by atoms with van der Waals surface area (Å²) in [4.78, 5) is 22.5. The zero-order chi connectivity index (χ0) is 18.9. The maximum atomic E-state index is 11.8. The summed E-state index contributed by atoms with van der Waals surface area (Å²) in [6, 6.07) is 5.15. The Morgan fingerprint density at radius 2 is 2.23 bits per heavy atom. The van der Waals surface area contributed by atoms with Gasteiger partial charge in [-0.05, 0) is 24.0 Å². The SMILES string of the molecule is COCC(=O)NCC(C)(C)[C@H]1Nc2ccc([N+](=O)[O-])cc2[C@H]2C=CC[C@H]21. The highest BCUT2D eigenvalue weighted by Crippen LogP contribution is 2.49. The Balaban J connectivity index is 1.84. The monoisotopic (exact) mass is 359 g/mol. The van der Waals surface area contributed by atoms with Crippen molar-refractivity contribution in [3.05, 3.63) is 46.0 Å². The molecule has 0 saturated heterocycles. The first kappa shape index (κ1) is 18.4. The number of carbonyl (C=O) groups is 1. The molecule has 0 bridgehead atoms. The van der Waals surface area contributed by atoms with E-state index in [0.29, 0.717) is 12.5 Å². The quantitative estimate of drug-likeness (QED) is 0.463. The van der Waals surface area contributed by atoms with Crippen LogP contribution >= 0.6 is 0 Å². The molecular weight excluding hydrogens is 334 g/mol. The van der Waals surface area contributed by atoms with Crippen molar-refractivity contribution in [2.45, 2.75) is 32.2 Å². The number of anilines is 1. The van der Waals surface area contributed by atoms with Crippen LogP contribution in [0.3, 0.4) is 0 Å². The summed E-state index contributed by atoms with van der Waals surface area (Å²) in [5, 5.41) is 17.6. The number of fused-ring (bicyclic) bond motifs is 3. The summed E-state index contributed by atoms with van der Waals surface area (Å²) in [5.74, 6) is 0.331. The Bertz CT molecular complexity index is 744. The number of nitro groups is 1. The number of non-ortho nitro benzene ring substituents is 1. The molecule has 140 valence electrons. The van der Waals surface area contributed by atoms with Crippen molar-refractivity contribution >= 4 is 17.3 Å². The number of hydrogen-bond acceptors (Lipinski definition) is 5. The molecule has 0 unspecified atom stereocenters. The minimum absolute atomic E-state index is 0.0499. The van der Waals surface area contributed by atoms with E-state index in [1.165, 1.54) is 13.2 Å². The number of amides is 1. The Hall–Kier alpha value is -2.41. The average Bonchev–Trinajstić information content (AvgIpc) is 3.09. The smallest absolute Gasteiger partial charge is 0.269 e. The van der Waals surface area contributed by atoms with Gasteiger partial charge in [0.1, 0.15) is 6.61 Å². The predicted octanol–water partition coefficient (Wildman–Crippen LogP) is 2.84. The Labute approximate surface area is 153 Å². The van der Waals surface area contributed by atoms with Crippen molar-refractivity contribution < 1.29 is 14.5 Å². The number of methoxy groups -OCH3 is 1. The number of benzene rings is 1. The van der Waals surface area contributed by atoms with Gasteiger partial charge in [0.15, 0.2) is 0 Å². The first-order valence-electron chi connectivity index (χ1n) is 8.80. The van der Waals surface area contributed by atoms with Crippen LogP contribution in [0.4, 0.5) is 11.4 Å². The zero-order valence-corrected chi connectivity index (χ0v) is 15.3. The number of hydrogen-bond donors (Lipinski definition) is 2. The van der Waals surface area contributed by atoms with Gasteiger partial charge >= 0.3 is 0 Å². The summed E-state index contributed by atoms with van der Waals surface area (Å²) in [5.41, 5.74) is 1.84. The van der Waals surface area contributed by atoms with E-state index in [9.17, 15) is 14.9 Å². The average molecular weight is 359 g/mol. The lowest BCUT2D eigenvalue weighted by Gasteiger charge is -2.45.